The smallest absolute Gasteiger partial charge is 0.101 e. The molecule has 3 nitrogen and oxygen atoms in total. The minimum absolute atomic E-state index is 0.285. The Hall–Kier alpha value is -1.24. The van der Waals surface area contributed by atoms with E-state index in [0.717, 1.165) is 18.7 Å². The quantitative estimate of drug-likeness (QED) is 0.788. The number of nitriles is 1. The van der Waals surface area contributed by atoms with Crippen molar-refractivity contribution in [3.63, 3.8) is 0 Å². The van der Waals surface area contributed by atoms with Crippen molar-refractivity contribution in [3.8, 4) is 6.07 Å². The van der Waals surface area contributed by atoms with Gasteiger partial charge in [0.25, 0.3) is 0 Å². The lowest BCUT2D eigenvalue weighted by Crippen LogP contribution is -2.21. The minimum Gasteiger partial charge on any atom is -0.391 e. The highest BCUT2D eigenvalue weighted by atomic mass is 35.5. The van der Waals surface area contributed by atoms with Gasteiger partial charge >= 0.3 is 0 Å². The molecule has 0 radical (unpaired) electrons. The molecule has 1 aliphatic heterocycles. The second kappa shape index (κ2) is 4.09. The highest BCUT2D eigenvalue weighted by Gasteiger charge is 2.22. The molecule has 15 heavy (non-hydrogen) atoms. The molecule has 1 atom stereocenters. The Kier molecular flexibility index (Phi) is 2.81. The maximum Gasteiger partial charge on any atom is 0.101 e. The summed E-state index contributed by atoms with van der Waals surface area (Å²) < 4.78 is 0. The number of aliphatic hydroxyl groups is 1. The van der Waals surface area contributed by atoms with Crippen LogP contribution in [0.25, 0.3) is 0 Å². The van der Waals surface area contributed by atoms with Crippen LogP contribution in [0.1, 0.15) is 12.0 Å². The molecule has 1 saturated heterocycles. The van der Waals surface area contributed by atoms with Crippen molar-refractivity contribution >= 4 is 17.3 Å². The molecule has 0 spiro atoms. The first-order valence-corrected chi connectivity index (χ1v) is 5.21. The van der Waals surface area contributed by atoms with Gasteiger partial charge in [-0.3, -0.25) is 0 Å². The summed E-state index contributed by atoms with van der Waals surface area (Å²) >= 11 is 5.81. The fourth-order valence-electron chi connectivity index (χ4n) is 1.83. The van der Waals surface area contributed by atoms with Crippen molar-refractivity contribution in [2.45, 2.75) is 12.5 Å². The van der Waals surface area contributed by atoms with E-state index >= 15 is 0 Å². The van der Waals surface area contributed by atoms with Crippen molar-refractivity contribution < 1.29 is 5.11 Å². The van der Waals surface area contributed by atoms with Gasteiger partial charge in [0.2, 0.25) is 0 Å². The van der Waals surface area contributed by atoms with Crippen LogP contribution in [0.15, 0.2) is 18.2 Å². The van der Waals surface area contributed by atoms with Crippen LogP contribution < -0.4 is 4.90 Å². The zero-order chi connectivity index (χ0) is 10.8. The highest BCUT2D eigenvalue weighted by Crippen LogP contribution is 2.26. The molecule has 0 amide bonds. The molecular formula is C11H11ClN2O. The molecule has 1 fully saturated rings. The summed E-state index contributed by atoms with van der Waals surface area (Å²) in [7, 11) is 0. The number of anilines is 1. The van der Waals surface area contributed by atoms with Crippen molar-refractivity contribution in [1.29, 1.82) is 5.26 Å². The van der Waals surface area contributed by atoms with Crippen LogP contribution in [0, 0.1) is 11.3 Å². The third kappa shape index (κ3) is 2.06. The summed E-state index contributed by atoms with van der Waals surface area (Å²) in [6, 6.07) is 7.37. The number of β-amino-alcohol motifs (C(OH)–C–C–N with tert-alkyl or cyclic N) is 1. The Labute approximate surface area is 93.5 Å². The van der Waals surface area contributed by atoms with Gasteiger partial charge in [-0.15, -0.1) is 0 Å². The number of rotatable bonds is 1. The number of benzene rings is 1. The molecule has 78 valence electrons. The Morgan fingerprint density at radius 2 is 2.33 bits per heavy atom. The average Bonchev–Trinajstić information content (AvgIpc) is 2.64. The van der Waals surface area contributed by atoms with Gasteiger partial charge in [-0.1, -0.05) is 11.6 Å². The second-order valence-corrected chi connectivity index (χ2v) is 4.10. The highest BCUT2D eigenvalue weighted by molar-refractivity contribution is 6.30. The molecule has 1 N–H and O–H groups in total. The lowest BCUT2D eigenvalue weighted by Gasteiger charge is -2.19. The largest absolute Gasteiger partial charge is 0.391 e. The van der Waals surface area contributed by atoms with Crippen LogP contribution in [0.2, 0.25) is 5.02 Å². The predicted octanol–water partition coefficient (Wildman–Crippen LogP) is 1.78. The number of halogens is 1. The van der Waals surface area contributed by atoms with Crippen LogP contribution in [-0.4, -0.2) is 24.3 Å². The van der Waals surface area contributed by atoms with E-state index in [2.05, 4.69) is 6.07 Å². The summed E-state index contributed by atoms with van der Waals surface area (Å²) in [6.45, 7) is 1.38. The van der Waals surface area contributed by atoms with Crippen molar-refractivity contribution in [2.75, 3.05) is 18.0 Å². The van der Waals surface area contributed by atoms with Gasteiger partial charge in [0, 0.05) is 18.1 Å². The topological polar surface area (TPSA) is 47.3 Å². The van der Waals surface area contributed by atoms with E-state index in [4.69, 9.17) is 16.9 Å². The van der Waals surface area contributed by atoms with E-state index in [-0.39, 0.29) is 6.10 Å². The minimum atomic E-state index is -0.285. The Morgan fingerprint density at radius 3 is 2.93 bits per heavy atom. The number of hydrogen-bond donors (Lipinski definition) is 1. The van der Waals surface area contributed by atoms with Gasteiger partial charge < -0.3 is 10.0 Å². The van der Waals surface area contributed by atoms with Gasteiger partial charge in [0.05, 0.1) is 17.4 Å². The predicted molar refractivity (Wildman–Crippen MR) is 59.0 cm³/mol. The molecule has 0 bridgehead atoms. The van der Waals surface area contributed by atoms with Gasteiger partial charge in [-0.2, -0.15) is 5.26 Å². The first kappa shape index (κ1) is 10.3. The molecule has 1 aromatic carbocycles. The summed E-state index contributed by atoms with van der Waals surface area (Å²) in [5.74, 6) is 0. The van der Waals surface area contributed by atoms with E-state index in [1.807, 2.05) is 11.0 Å². The number of hydrogen-bond acceptors (Lipinski definition) is 3. The van der Waals surface area contributed by atoms with Gasteiger partial charge in [-0.05, 0) is 24.6 Å². The average molecular weight is 223 g/mol. The van der Waals surface area contributed by atoms with Crippen molar-refractivity contribution in [3.05, 3.63) is 28.8 Å². The molecule has 0 aliphatic carbocycles. The standard InChI is InChI=1S/C11H11ClN2O/c12-9-1-2-11(8(5-9)6-13)14-4-3-10(15)7-14/h1-2,5,10,15H,3-4,7H2. The van der Waals surface area contributed by atoms with Crippen LogP contribution in [0.5, 0.6) is 0 Å². The third-order valence-corrected chi connectivity index (χ3v) is 2.82. The SMILES string of the molecule is N#Cc1cc(Cl)ccc1N1CCC(O)C1. The maximum atomic E-state index is 9.43. The molecule has 1 aromatic rings. The van der Waals surface area contributed by atoms with Gasteiger partial charge in [0.1, 0.15) is 6.07 Å². The Bertz CT molecular complexity index is 414. The number of nitrogens with zero attached hydrogens (tertiary/aromatic N) is 2. The Balaban J connectivity index is 2.32. The molecular weight excluding hydrogens is 212 g/mol. The maximum absolute atomic E-state index is 9.43. The lowest BCUT2D eigenvalue weighted by atomic mass is 10.2. The van der Waals surface area contributed by atoms with Gasteiger partial charge in [-0.25, -0.2) is 0 Å². The van der Waals surface area contributed by atoms with E-state index < -0.39 is 0 Å². The van der Waals surface area contributed by atoms with Crippen molar-refractivity contribution in [1.82, 2.24) is 0 Å². The first-order chi connectivity index (χ1) is 7.20. The van der Waals surface area contributed by atoms with Crippen LogP contribution in [0.4, 0.5) is 5.69 Å². The second-order valence-electron chi connectivity index (χ2n) is 3.66. The van der Waals surface area contributed by atoms with E-state index in [9.17, 15) is 5.11 Å². The lowest BCUT2D eigenvalue weighted by molar-refractivity contribution is 0.198. The van der Waals surface area contributed by atoms with Crippen LogP contribution in [-0.2, 0) is 0 Å². The molecule has 4 heteroatoms. The van der Waals surface area contributed by atoms with Crippen molar-refractivity contribution in [2.24, 2.45) is 0 Å². The molecule has 1 heterocycles. The molecule has 0 aromatic heterocycles. The summed E-state index contributed by atoms with van der Waals surface area (Å²) in [6.07, 6.45) is 0.472. The molecule has 1 aliphatic rings. The van der Waals surface area contributed by atoms with E-state index in [0.29, 0.717) is 17.1 Å². The zero-order valence-electron chi connectivity index (χ0n) is 8.15. The van der Waals surface area contributed by atoms with Gasteiger partial charge in [0.15, 0.2) is 0 Å². The molecule has 0 saturated carbocycles. The zero-order valence-corrected chi connectivity index (χ0v) is 8.91. The van der Waals surface area contributed by atoms with Crippen LogP contribution in [0.3, 0.4) is 0 Å². The normalized spacial score (nSPS) is 20.3. The fourth-order valence-corrected chi connectivity index (χ4v) is 2.01. The molecule has 1 unspecified atom stereocenters. The summed E-state index contributed by atoms with van der Waals surface area (Å²) in [4.78, 5) is 2.01. The third-order valence-electron chi connectivity index (χ3n) is 2.58. The van der Waals surface area contributed by atoms with E-state index in [1.165, 1.54) is 0 Å². The number of aliphatic hydroxyl groups excluding tert-OH is 1. The Morgan fingerprint density at radius 1 is 1.53 bits per heavy atom. The first-order valence-electron chi connectivity index (χ1n) is 4.83. The van der Waals surface area contributed by atoms with E-state index in [1.54, 1.807) is 12.1 Å². The summed E-state index contributed by atoms with van der Waals surface area (Å²) in [5, 5.41) is 19.0. The fraction of sp³-hybridized carbons (Fsp3) is 0.364. The monoisotopic (exact) mass is 222 g/mol. The van der Waals surface area contributed by atoms with Crippen LogP contribution >= 0.6 is 11.6 Å². The summed E-state index contributed by atoms with van der Waals surface area (Å²) in [5.41, 5.74) is 1.43. The molecule has 2 rings (SSSR count).